The van der Waals surface area contributed by atoms with Crippen LogP contribution in [0.5, 0.6) is 0 Å². The van der Waals surface area contributed by atoms with Crippen molar-refractivity contribution in [3.63, 3.8) is 0 Å². The second kappa shape index (κ2) is 7.38. The monoisotopic (exact) mass is 396 g/mol. The third kappa shape index (κ3) is 4.67. The Labute approximate surface area is 169 Å². The van der Waals surface area contributed by atoms with Gasteiger partial charge in [0.05, 0.1) is 5.69 Å². The van der Waals surface area contributed by atoms with Crippen molar-refractivity contribution >= 4 is 29.0 Å². The second-order valence-corrected chi connectivity index (χ2v) is 8.87. The Hall–Kier alpha value is -3.10. The van der Waals surface area contributed by atoms with Crippen molar-refractivity contribution in [1.82, 2.24) is 30.1 Å². The second-order valence-electron chi connectivity index (χ2n) is 8.87. The van der Waals surface area contributed by atoms with Crippen LogP contribution in [0.25, 0.3) is 5.52 Å². The van der Waals surface area contributed by atoms with Crippen molar-refractivity contribution < 1.29 is 4.79 Å². The molecule has 3 heterocycles. The van der Waals surface area contributed by atoms with Crippen LogP contribution in [0.2, 0.25) is 0 Å². The average Bonchev–Trinajstić information content (AvgIpc) is 3.20. The molecule has 154 valence electrons. The van der Waals surface area contributed by atoms with E-state index in [2.05, 4.69) is 57.0 Å². The van der Waals surface area contributed by atoms with Crippen molar-refractivity contribution in [2.75, 3.05) is 17.2 Å². The first-order valence-corrected chi connectivity index (χ1v) is 10.0. The molecular weight excluding hydrogens is 368 g/mol. The minimum atomic E-state index is -0.466. The average molecular weight is 396 g/mol. The Morgan fingerprint density at radius 1 is 1.38 bits per heavy atom. The summed E-state index contributed by atoms with van der Waals surface area (Å²) in [5.41, 5.74) is 1.94. The molecule has 9 heteroatoms. The lowest BCUT2D eigenvalue weighted by Crippen LogP contribution is -2.41. The van der Waals surface area contributed by atoms with Crippen LogP contribution in [-0.2, 0) is 4.79 Å². The zero-order chi connectivity index (χ0) is 20.6. The van der Waals surface area contributed by atoms with Crippen molar-refractivity contribution in [2.45, 2.75) is 52.5 Å². The number of carbonyl (C=O) groups excluding carboxylic acids is 1. The molecule has 1 saturated carbocycles. The predicted octanol–water partition coefficient (Wildman–Crippen LogP) is 3.04. The number of aromatic amines is 1. The third-order valence-electron chi connectivity index (χ3n) is 4.77. The van der Waals surface area contributed by atoms with E-state index < -0.39 is 6.04 Å². The Kier molecular flexibility index (Phi) is 4.89. The number of nitrogens with one attached hydrogen (secondary N) is 4. The van der Waals surface area contributed by atoms with Crippen molar-refractivity contribution in [1.29, 1.82) is 0 Å². The number of anilines is 3. The minimum absolute atomic E-state index is 0.0242. The fraction of sp³-hybridized carbons (Fsp3) is 0.500. The molecule has 0 radical (unpaired) electrons. The topological polar surface area (TPSA) is 112 Å². The smallest absolute Gasteiger partial charge is 0.243 e. The SMILES string of the molecule is C[C@H](Nc1nc(Nc2cc(C3CC3)n[nH]2)c2cccn2n1)C(=O)NCC(C)(C)C. The van der Waals surface area contributed by atoms with E-state index in [1.807, 2.05) is 24.4 Å². The number of nitrogens with zero attached hydrogens (tertiary/aromatic N) is 4. The lowest BCUT2D eigenvalue weighted by atomic mass is 9.97. The molecule has 0 bridgehead atoms. The highest BCUT2D eigenvalue weighted by atomic mass is 16.2. The number of hydrogen-bond acceptors (Lipinski definition) is 6. The highest BCUT2D eigenvalue weighted by Crippen LogP contribution is 2.39. The van der Waals surface area contributed by atoms with Gasteiger partial charge in [0.15, 0.2) is 5.82 Å². The molecule has 1 atom stereocenters. The van der Waals surface area contributed by atoms with Crippen molar-refractivity contribution in [2.24, 2.45) is 5.41 Å². The first-order chi connectivity index (χ1) is 13.8. The Bertz CT molecular complexity index is 1010. The molecule has 4 N–H and O–H groups in total. The Balaban J connectivity index is 1.50. The number of amides is 1. The van der Waals surface area contributed by atoms with E-state index in [0.29, 0.717) is 24.2 Å². The highest BCUT2D eigenvalue weighted by Gasteiger charge is 2.26. The van der Waals surface area contributed by atoms with Crippen LogP contribution < -0.4 is 16.0 Å². The predicted molar refractivity (Wildman–Crippen MR) is 112 cm³/mol. The standard InChI is InChI=1S/C20H28N8O/c1-12(18(29)21-11-20(2,3)4)22-19-24-17(15-6-5-9-28(15)27-19)23-16-10-14(25-26-16)13-7-8-13/h5-6,9-10,12-13H,7-8,11H2,1-4H3,(H,21,29)(H3,22,23,24,25,26,27)/t12-/m0/s1. The van der Waals surface area contributed by atoms with E-state index in [0.717, 1.165) is 17.0 Å². The molecule has 3 aromatic rings. The van der Waals surface area contributed by atoms with Gasteiger partial charge in [0.2, 0.25) is 11.9 Å². The summed E-state index contributed by atoms with van der Waals surface area (Å²) >= 11 is 0. The maximum atomic E-state index is 12.4. The molecule has 4 rings (SSSR count). The molecule has 1 amide bonds. The van der Waals surface area contributed by atoms with E-state index in [1.54, 1.807) is 11.4 Å². The van der Waals surface area contributed by atoms with E-state index in [1.165, 1.54) is 12.8 Å². The number of aromatic nitrogens is 5. The van der Waals surface area contributed by atoms with Gasteiger partial charge in [0.25, 0.3) is 0 Å². The first-order valence-electron chi connectivity index (χ1n) is 10.0. The molecule has 1 aliphatic rings. The molecule has 0 aliphatic heterocycles. The molecule has 3 aromatic heterocycles. The van der Waals surface area contributed by atoms with Gasteiger partial charge in [-0.15, -0.1) is 5.10 Å². The maximum Gasteiger partial charge on any atom is 0.243 e. The number of hydrogen-bond donors (Lipinski definition) is 4. The summed E-state index contributed by atoms with van der Waals surface area (Å²) in [5.74, 6) is 2.28. The lowest BCUT2D eigenvalue weighted by molar-refractivity contribution is -0.121. The first kappa shape index (κ1) is 19.2. The number of carbonyl (C=O) groups is 1. The van der Waals surface area contributed by atoms with Crippen LogP contribution in [0.3, 0.4) is 0 Å². The van der Waals surface area contributed by atoms with Crippen LogP contribution >= 0.6 is 0 Å². The molecular formula is C20H28N8O. The maximum absolute atomic E-state index is 12.4. The number of H-pyrrole nitrogens is 1. The summed E-state index contributed by atoms with van der Waals surface area (Å²) in [6, 6.07) is 5.39. The quantitative estimate of drug-likeness (QED) is 0.488. The minimum Gasteiger partial charge on any atom is -0.354 e. The summed E-state index contributed by atoms with van der Waals surface area (Å²) < 4.78 is 1.73. The molecule has 0 unspecified atom stereocenters. The zero-order valence-corrected chi connectivity index (χ0v) is 17.3. The van der Waals surface area contributed by atoms with E-state index in [4.69, 9.17) is 0 Å². The van der Waals surface area contributed by atoms with Crippen molar-refractivity contribution in [3.8, 4) is 0 Å². The van der Waals surface area contributed by atoms with Gasteiger partial charge in [-0.2, -0.15) is 10.1 Å². The van der Waals surface area contributed by atoms with Gasteiger partial charge in [-0.3, -0.25) is 9.89 Å². The summed E-state index contributed by atoms with van der Waals surface area (Å²) in [5, 5.41) is 21.2. The summed E-state index contributed by atoms with van der Waals surface area (Å²) in [7, 11) is 0. The number of fused-ring (bicyclic) bond motifs is 1. The zero-order valence-electron chi connectivity index (χ0n) is 17.3. The normalized spacial score (nSPS) is 15.3. The fourth-order valence-corrected chi connectivity index (χ4v) is 2.97. The molecule has 0 aromatic carbocycles. The third-order valence-corrected chi connectivity index (χ3v) is 4.77. The van der Waals surface area contributed by atoms with Crippen LogP contribution in [0.1, 0.15) is 52.1 Å². The van der Waals surface area contributed by atoms with Crippen LogP contribution in [0.4, 0.5) is 17.6 Å². The van der Waals surface area contributed by atoms with Gasteiger partial charge in [0.1, 0.15) is 17.4 Å². The van der Waals surface area contributed by atoms with Gasteiger partial charge >= 0.3 is 0 Å². The molecule has 29 heavy (non-hydrogen) atoms. The van der Waals surface area contributed by atoms with E-state index >= 15 is 0 Å². The fourth-order valence-electron chi connectivity index (χ4n) is 2.97. The summed E-state index contributed by atoms with van der Waals surface area (Å²) in [6.07, 6.45) is 4.24. The molecule has 1 aliphatic carbocycles. The van der Waals surface area contributed by atoms with Crippen LogP contribution in [0, 0.1) is 5.41 Å². The van der Waals surface area contributed by atoms with E-state index in [9.17, 15) is 4.79 Å². The van der Waals surface area contributed by atoms with Gasteiger partial charge in [-0.25, -0.2) is 4.52 Å². The van der Waals surface area contributed by atoms with Crippen LogP contribution in [0.15, 0.2) is 24.4 Å². The molecule has 0 spiro atoms. The van der Waals surface area contributed by atoms with Gasteiger partial charge in [-0.05, 0) is 37.3 Å². The van der Waals surface area contributed by atoms with E-state index in [-0.39, 0.29) is 11.3 Å². The Morgan fingerprint density at radius 3 is 2.90 bits per heavy atom. The van der Waals surface area contributed by atoms with Gasteiger partial charge < -0.3 is 16.0 Å². The van der Waals surface area contributed by atoms with Gasteiger partial charge in [-0.1, -0.05) is 20.8 Å². The highest BCUT2D eigenvalue weighted by molar-refractivity contribution is 5.84. The molecule has 0 saturated heterocycles. The van der Waals surface area contributed by atoms with Gasteiger partial charge in [0, 0.05) is 24.7 Å². The lowest BCUT2D eigenvalue weighted by Gasteiger charge is -2.21. The number of rotatable bonds is 7. The largest absolute Gasteiger partial charge is 0.354 e. The van der Waals surface area contributed by atoms with Crippen molar-refractivity contribution in [3.05, 3.63) is 30.1 Å². The Morgan fingerprint density at radius 2 is 2.17 bits per heavy atom. The summed E-state index contributed by atoms with van der Waals surface area (Å²) in [4.78, 5) is 17.0. The summed E-state index contributed by atoms with van der Waals surface area (Å²) in [6.45, 7) is 8.64. The van der Waals surface area contributed by atoms with Crippen LogP contribution in [-0.4, -0.2) is 43.3 Å². The molecule has 9 nitrogen and oxygen atoms in total. The molecule has 1 fully saturated rings.